The van der Waals surface area contributed by atoms with Crippen LogP contribution in [0, 0.1) is 0 Å². The molecule has 0 radical (unpaired) electrons. The lowest BCUT2D eigenvalue weighted by Crippen LogP contribution is -2.17. The second-order valence-corrected chi connectivity index (χ2v) is 5.71. The summed E-state index contributed by atoms with van der Waals surface area (Å²) in [6, 6.07) is 3.32. The number of aromatic nitrogens is 1. The first-order valence-electron chi connectivity index (χ1n) is 5.57. The molecule has 0 fully saturated rings. The summed E-state index contributed by atoms with van der Waals surface area (Å²) in [4.78, 5) is 27.6. The minimum atomic E-state index is -0.562. The average molecular weight is 308 g/mol. The number of thiophene rings is 1. The third-order valence-electron chi connectivity index (χ3n) is 2.35. The first kappa shape index (κ1) is 14.4. The molecular formula is C12H12N4O2S2. The van der Waals surface area contributed by atoms with Gasteiger partial charge in [-0.05, 0) is 17.5 Å². The number of nitrogens with two attached hydrogens (primary N) is 2. The Kier molecular flexibility index (Phi) is 4.59. The Morgan fingerprint density at radius 2 is 2.20 bits per heavy atom. The van der Waals surface area contributed by atoms with Gasteiger partial charge in [0, 0.05) is 11.1 Å². The quantitative estimate of drug-likeness (QED) is 0.726. The number of hydrogen-bond acceptors (Lipinski definition) is 6. The lowest BCUT2D eigenvalue weighted by atomic mass is 10.3. The largest absolute Gasteiger partial charge is 0.397 e. The number of anilines is 2. The third kappa shape index (κ3) is 3.49. The average Bonchev–Trinajstić information content (AvgIpc) is 2.86. The van der Waals surface area contributed by atoms with Gasteiger partial charge >= 0.3 is 0 Å². The molecule has 2 rings (SSSR count). The van der Waals surface area contributed by atoms with Crippen LogP contribution in [0.5, 0.6) is 0 Å². The summed E-state index contributed by atoms with van der Waals surface area (Å²) in [6.45, 7) is 0. The van der Waals surface area contributed by atoms with E-state index >= 15 is 0 Å². The maximum absolute atomic E-state index is 11.8. The van der Waals surface area contributed by atoms with Crippen molar-refractivity contribution in [3.63, 3.8) is 0 Å². The van der Waals surface area contributed by atoms with E-state index < -0.39 is 5.91 Å². The molecule has 0 aliphatic rings. The molecular weight excluding hydrogens is 296 g/mol. The van der Waals surface area contributed by atoms with E-state index in [4.69, 9.17) is 11.5 Å². The molecule has 0 aromatic carbocycles. The van der Waals surface area contributed by atoms with Crippen LogP contribution in [-0.4, -0.2) is 22.6 Å². The number of nitrogen functional groups attached to an aromatic ring is 1. The van der Waals surface area contributed by atoms with E-state index in [1.54, 1.807) is 23.7 Å². The maximum atomic E-state index is 11.8. The zero-order chi connectivity index (χ0) is 14.5. The molecule has 0 saturated heterocycles. The second kappa shape index (κ2) is 6.40. The minimum Gasteiger partial charge on any atom is -0.397 e. The Hall–Kier alpha value is -2.06. The van der Waals surface area contributed by atoms with Crippen molar-refractivity contribution in [2.24, 2.45) is 5.73 Å². The van der Waals surface area contributed by atoms with Crippen molar-refractivity contribution in [2.45, 2.75) is 4.90 Å². The van der Waals surface area contributed by atoms with Crippen LogP contribution in [0.2, 0.25) is 0 Å². The topological polar surface area (TPSA) is 111 Å². The highest BCUT2D eigenvalue weighted by molar-refractivity contribution is 8.00. The van der Waals surface area contributed by atoms with Gasteiger partial charge < -0.3 is 16.8 Å². The van der Waals surface area contributed by atoms with E-state index in [-0.39, 0.29) is 11.7 Å². The molecule has 0 spiro atoms. The van der Waals surface area contributed by atoms with E-state index in [9.17, 15) is 9.59 Å². The molecule has 0 aliphatic carbocycles. The van der Waals surface area contributed by atoms with Crippen LogP contribution in [-0.2, 0) is 4.79 Å². The number of rotatable bonds is 5. The summed E-state index contributed by atoms with van der Waals surface area (Å²) >= 11 is 2.56. The number of hydrogen-bond donors (Lipinski definition) is 3. The van der Waals surface area contributed by atoms with E-state index in [1.165, 1.54) is 29.3 Å². The Balaban J connectivity index is 1.95. The lowest BCUT2D eigenvalue weighted by molar-refractivity contribution is -0.113. The molecule has 0 unspecified atom stereocenters. The molecule has 104 valence electrons. The zero-order valence-corrected chi connectivity index (χ0v) is 12.0. The summed E-state index contributed by atoms with van der Waals surface area (Å²) in [5.41, 5.74) is 11.8. The molecule has 6 nitrogen and oxygen atoms in total. The highest BCUT2D eigenvalue weighted by Gasteiger charge is 2.12. The highest BCUT2D eigenvalue weighted by Crippen LogP contribution is 2.25. The van der Waals surface area contributed by atoms with Crippen molar-refractivity contribution in [3.05, 3.63) is 35.5 Å². The summed E-state index contributed by atoms with van der Waals surface area (Å²) < 4.78 is 0. The third-order valence-corrected chi connectivity index (χ3v) is 4.27. The zero-order valence-electron chi connectivity index (χ0n) is 10.3. The van der Waals surface area contributed by atoms with Crippen molar-refractivity contribution in [1.82, 2.24) is 4.98 Å². The maximum Gasteiger partial charge on any atom is 0.251 e. The van der Waals surface area contributed by atoms with Gasteiger partial charge in [0.2, 0.25) is 5.91 Å². The second-order valence-electron chi connectivity index (χ2n) is 3.78. The van der Waals surface area contributed by atoms with Crippen LogP contribution in [0.15, 0.2) is 34.8 Å². The number of amides is 2. The molecule has 2 aromatic heterocycles. The van der Waals surface area contributed by atoms with Crippen molar-refractivity contribution in [2.75, 3.05) is 16.8 Å². The molecule has 2 amide bonds. The van der Waals surface area contributed by atoms with Crippen LogP contribution in [0.25, 0.3) is 0 Å². The van der Waals surface area contributed by atoms with Crippen LogP contribution in [0.1, 0.15) is 10.4 Å². The fourth-order valence-electron chi connectivity index (χ4n) is 1.43. The van der Waals surface area contributed by atoms with Gasteiger partial charge in [-0.25, -0.2) is 0 Å². The molecule has 0 saturated carbocycles. The Morgan fingerprint density at radius 1 is 1.40 bits per heavy atom. The monoisotopic (exact) mass is 308 g/mol. The molecule has 2 heterocycles. The summed E-state index contributed by atoms with van der Waals surface area (Å²) in [6.07, 6.45) is 3.14. The molecule has 0 bridgehead atoms. The highest BCUT2D eigenvalue weighted by atomic mass is 32.2. The SMILES string of the molecule is NC(=O)c1ccsc1NC(=O)CSc1ccncc1N. The summed E-state index contributed by atoms with van der Waals surface area (Å²) in [5, 5.41) is 4.82. The molecule has 0 aliphatic heterocycles. The summed E-state index contributed by atoms with van der Waals surface area (Å²) in [7, 11) is 0. The Morgan fingerprint density at radius 3 is 2.90 bits per heavy atom. The van der Waals surface area contributed by atoms with Gasteiger partial charge in [-0.1, -0.05) is 0 Å². The predicted octanol–water partition coefficient (Wildman–Crippen LogP) is 1.55. The van der Waals surface area contributed by atoms with Crippen molar-refractivity contribution < 1.29 is 9.59 Å². The lowest BCUT2D eigenvalue weighted by Gasteiger charge is -2.06. The van der Waals surface area contributed by atoms with Gasteiger partial charge in [0.05, 0.1) is 23.2 Å². The van der Waals surface area contributed by atoms with Gasteiger partial charge in [-0.2, -0.15) is 0 Å². The molecule has 20 heavy (non-hydrogen) atoms. The van der Waals surface area contributed by atoms with Gasteiger partial charge in [0.1, 0.15) is 5.00 Å². The van der Waals surface area contributed by atoms with Gasteiger partial charge in [-0.15, -0.1) is 23.1 Å². The molecule has 2 aromatic rings. The Bertz CT molecular complexity index is 642. The number of nitrogens with zero attached hydrogens (tertiary/aromatic N) is 1. The van der Waals surface area contributed by atoms with Crippen molar-refractivity contribution in [1.29, 1.82) is 0 Å². The first-order chi connectivity index (χ1) is 9.58. The van der Waals surface area contributed by atoms with Crippen molar-refractivity contribution in [3.8, 4) is 0 Å². The normalized spacial score (nSPS) is 10.2. The Labute approximate surface area is 123 Å². The number of carbonyl (C=O) groups excluding carboxylic acids is 2. The minimum absolute atomic E-state index is 0.185. The van der Waals surface area contributed by atoms with Crippen LogP contribution in [0.3, 0.4) is 0 Å². The number of carbonyl (C=O) groups is 2. The van der Waals surface area contributed by atoms with Gasteiger partial charge in [0.15, 0.2) is 0 Å². The number of primary amides is 1. The van der Waals surface area contributed by atoms with Crippen LogP contribution in [0.4, 0.5) is 10.7 Å². The van der Waals surface area contributed by atoms with E-state index in [0.717, 1.165) is 4.90 Å². The van der Waals surface area contributed by atoms with E-state index in [0.29, 0.717) is 16.3 Å². The standard InChI is InChI=1S/C12H12N4O2S2/c13-8-5-15-3-1-9(8)20-6-10(17)16-12-7(11(14)18)2-4-19-12/h1-5H,6,13H2,(H2,14,18)(H,16,17). The summed E-state index contributed by atoms with van der Waals surface area (Å²) in [5.74, 6) is -0.603. The predicted molar refractivity (Wildman–Crippen MR) is 80.8 cm³/mol. The fraction of sp³-hybridized carbons (Fsp3) is 0.0833. The number of nitrogens with one attached hydrogen (secondary N) is 1. The van der Waals surface area contributed by atoms with Crippen molar-refractivity contribution >= 4 is 45.6 Å². The van der Waals surface area contributed by atoms with Crippen LogP contribution < -0.4 is 16.8 Å². The molecule has 5 N–H and O–H groups in total. The smallest absolute Gasteiger partial charge is 0.251 e. The molecule has 8 heteroatoms. The van der Waals surface area contributed by atoms with Gasteiger partial charge in [-0.3, -0.25) is 14.6 Å². The van der Waals surface area contributed by atoms with Gasteiger partial charge in [0.25, 0.3) is 5.91 Å². The van der Waals surface area contributed by atoms with E-state index in [2.05, 4.69) is 10.3 Å². The number of thioether (sulfide) groups is 1. The first-order valence-corrected chi connectivity index (χ1v) is 7.44. The van der Waals surface area contributed by atoms with E-state index in [1.807, 2.05) is 0 Å². The number of pyridine rings is 1. The fourth-order valence-corrected chi connectivity index (χ4v) is 2.98. The van der Waals surface area contributed by atoms with Crippen LogP contribution >= 0.6 is 23.1 Å². The molecule has 0 atom stereocenters.